The van der Waals surface area contributed by atoms with E-state index < -0.39 is 0 Å². The van der Waals surface area contributed by atoms with Gasteiger partial charge in [0.15, 0.2) is 0 Å². The van der Waals surface area contributed by atoms with Crippen molar-refractivity contribution < 1.29 is 5.11 Å². The quantitative estimate of drug-likeness (QED) is 0.602. The van der Waals surface area contributed by atoms with Gasteiger partial charge in [0.2, 0.25) is 0 Å². The molecule has 3 heterocycles. The predicted octanol–water partition coefficient (Wildman–Crippen LogP) is 4.05. The van der Waals surface area contributed by atoms with Crippen LogP contribution in [0.3, 0.4) is 0 Å². The number of nitrogens with zero attached hydrogens (tertiary/aromatic N) is 3. The van der Waals surface area contributed by atoms with Gasteiger partial charge in [-0.1, -0.05) is 6.07 Å². The molecule has 1 aromatic carbocycles. The Morgan fingerprint density at radius 1 is 1.07 bits per heavy atom. The number of aromatic nitrogens is 3. The van der Waals surface area contributed by atoms with Gasteiger partial charge >= 0.3 is 0 Å². The molecule has 0 fully saturated rings. The molecule has 0 saturated carbocycles. The molecule has 5 nitrogen and oxygen atoms in total. The van der Waals surface area contributed by atoms with E-state index in [2.05, 4.69) is 9.97 Å². The van der Waals surface area contributed by atoms with Gasteiger partial charge in [-0.2, -0.15) is 0 Å². The van der Waals surface area contributed by atoms with Crippen LogP contribution in [-0.2, 0) is 0 Å². The van der Waals surface area contributed by atoms with Gasteiger partial charge in [0.25, 0.3) is 5.56 Å². The fourth-order valence-corrected chi connectivity index (χ4v) is 3.02. The van der Waals surface area contributed by atoms with E-state index in [9.17, 15) is 9.90 Å². The maximum atomic E-state index is 13.2. The molecule has 0 spiro atoms. The topological polar surface area (TPSA) is 68.0 Å². The molecule has 0 amide bonds. The zero-order chi connectivity index (χ0) is 18.8. The van der Waals surface area contributed by atoms with E-state index >= 15 is 0 Å². The van der Waals surface area contributed by atoms with E-state index in [0.29, 0.717) is 16.9 Å². The summed E-state index contributed by atoms with van der Waals surface area (Å²) in [5.41, 5.74) is 3.51. The molecule has 1 N–H and O–H groups in total. The Labute approximate surface area is 155 Å². The summed E-state index contributed by atoms with van der Waals surface area (Å²) in [6.45, 7) is 1.95. The van der Waals surface area contributed by atoms with Gasteiger partial charge in [-0.05, 0) is 72.7 Å². The Hall–Kier alpha value is -3.73. The number of phenolic OH excluding ortho intramolecular Hbond substituents is 1. The van der Waals surface area contributed by atoms with Crippen molar-refractivity contribution in [1.82, 2.24) is 14.5 Å². The first-order chi connectivity index (χ1) is 13.1. The summed E-state index contributed by atoms with van der Waals surface area (Å²) in [7, 11) is 0. The lowest BCUT2D eigenvalue weighted by atomic mass is 10.1. The van der Waals surface area contributed by atoms with Crippen molar-refractivity contribution in [3.05, 3.63) is 94.7 Å². The van der Waals surface area contributed by atoms with Crippen LogP contribution >= 0.6 is 0 Å². The molecule has 0 saturated heterocycles. The highest BCUT2D eigenvalue weighted by Gasteiger charge is 2.11. The monoisotopic (exact) mass is 355 g/mol. The largest absolute Gasteiger partial charge is 0.508 e. The molecule has 0 unspecified atom stereocenters. The lowest BCUT2D eigenvalue weighted by molar-refractivity contribution is 0.475. The number of allylic oxidation sites excluding steroid dienone is 1. The maximum absolute atomic E-state index is 13.2. The lowest BCUT2D eigenvalue weighted by Gasteiger charge is -2.11. The van der Waals surface area contributed by atoms with Crippen LogP contribution in [0.4, 0.5) is 0 Å². The molecule has 132 valence electrons. The molecule has 4 rings (SSSR count). The van der Waals surface area contributed by atoms with Crippen molar-refractivity contribution in [2.24, 2.45) is 0 Å². The highest BCUT2D eigenvalue weighted by Crippen LogP contribution is 2.21. The van der Waals surface area contributed by atoms with Crippen LogP contribution in [0, 0.1) is 0 Å². The fraction of sp³-hybridized carbons (Fsp3) is 0.0455. The Morgan fingerprint density at radius 2 is 1.85 bits per heavy atom. The summed E-state index contributed by atoms with van der Waals surface area (Å²) in [4.78, 5) is 21.8. The van der Waals surface area contributed by atoms with Crippen LogP contribution < -0.4 is 5.56 Å². The average Bonchev–Trinajstić information content (AvgIpc) is 2.70. The summed E-state index contributed by atoms with van der Waals surface area (Å²) in [5.74, 6) is 0.146. The van der Waals surface area contributed by atoms with Gasteiger partial charge in [0, 0.05) is 29.5 Å². The molecule has 3 aromatic heterocycles. The number of phenols is 1. The van der Waals surface area contributed by atoms with Crippen molar-refractivity contribution >= 4 is 22.7 Å². The van der Waals surface area contributed by atoms with Crippen LogP contribution in [0.25, 0.3) is 28.4 Å². The number of hydrogen-bond donors (Lipinski definition) is 1. The van der Waals surface area contributed by atoms with Crippen LogP contribution in [0.2, 0.25) is 0 Å². The molecule has 0 aliphatic rings. The van der Waals surface area contributed by atoms with Gasteiger partial charge in [0.1, 0.15) is 11.4 Å². The fourth-order valence-electron chi connectivity index (χ4n) is 3.02. The van der Waals surface area contributed by atoms with Crippen LogP contribution in [-0.4, -0.2) is 19.6 Å². The molecule has 4 aromatic rings. The lowest BCUT2D eigenvalue weighted by Crippen LogP contribution is -2.21. The first kappa shape index (κ1) is 16.7. The van der Waals surface area contributed by atoms with Crippen LogP contribution in [0.5, 0.6) is 5.75 Å². The number of aromatic hydroxyl groups is 1. The van der Waals surface area contributed by atoms with Crippen LogP contribution in [0.15, 0.2) is 78.0 Å². The Bertz CT molecular complexity index is 1190. The minimum absolute atomic E-state index is 0.146. The minimum Gasteiger partial charge on any atom is -0.508 e. The molecular weight excluding hydrogens is 338 g/mol. The van der Waals surface area contributed by atoms with E-state index in [4.69, 9.17) is 0 Å². The minimum atomic E-state index is -0.171. The third-order valence-electron chi connectivity index (χ3n) is 4.39. The third kappa shape index (κ3) is 3.22. The molecule has 0 atom stereocenters. The zero-order valence-corrected chi connectivity index (χ0v) is 14.7. The van der Waals surface area contributed by atoms with Gasteiger partial charge in [-0.15, -0.1) is 0 Å². The zero-order valence-electron chi connectivity index (χ0n) is 14.7. The van der Waals surface area contributed by atoms with Crippen molar-refractivity contribution in [2.45, 2.75) is 6.92 Å². The number of benzene rings is 1. The predicted molar refractivity (Wildman–Crippen MR) is 107 cm³/mol. The van der Waals surface area contributed by atoms with E-state index in [1.165, 1.54) is 0 Å². The van der Waals surface area contributed by atoms with Crippen LogP contribution in [0.1, 0.15) is 18.1 Å². The summed E-state index contributed by atoms with van der Waals surface area (Å²) >= 11 is 0. The third-order valence-corrected chi connectivity index (χ3v) is 4.39. The van der Waals surface area contributed by atoms with E-state index in [1.807, 2.05) is 43.3 Å². The average molecular weight is 355 g/mol. The molecule has 0 aliphatic carbocycles. The van der Waals surface area contributed by atoms with Gasteiger partial charge in [-0.3, -0.25) is 14.3 Å². The van der Waals surface area contributed by atoms with E-state index in [-0.39, 0.29) is 11.3 Å². The van der Waals surface area contributed by atoms with Gasteiger partial charge in [0.05, 0.1) is 5.69 Å². The summed E-state index contributed by atoms with van der Waals surface area (Å²) < 4.78 is 1.57. The van der Waals surface area contributed by atoms with E-state index in [1.54, 1.807) is 47.4 Å². The summed E-state index contributed by atoms with van der Waals surface area (Å²) in [5, 5.41) is 10.4. The SMILES string of the molecule is CC(=Cc1cc2cccnc2n(-c2ccc(O)cc2)c1=O)c1cccnc1. The van der Waals surface area contributed by atoms with Crippen molar-refractivity contribution in [3.8, 4) is 11.4 Å². The molecule has 5 heteroatoms. The molecule has 27 heavy (non-hydrogen) atoms. The summed E-state index contributed by atoms with van der Waals surface area (Å²) in [6, 6.07) is 16.0. The second-order valence-corrected chi connectivity index (χ2v) is 6.24. The second kappa shape index (κ2) is 6.88. The molecular formula is C22H17N3O2. The van der Waals surface area contributed by atoms with E-state index in [0.717, 1.165) is 16.5 Å². The standard InChI is InChI=1S/C22H17N3O2/c1-15(17-5-2-10-23-14-17)12-18-13-16-4-3-11-24-21(16)25(22(18)27)19-6-8-20(26)9-7-19/h2-14,26H,1H3. The van der Waals surface area contributed by atoms with Gasteiger partial charge in [-0.25, -0.2) is 4.98 Å². The number of rotatable bonds is 3. The first-order valence-corrected chi connectivity index (χ1v) is 8.52. The molecule has 0 aliphatic heterocycles. The highest BCUT2D eigenvalue weighted by molar-refractivity contribution is 5.85. The summed E-state index contributed by atoms with van der Waals surface area (Å²) in [6.07, 6.45) is 7.01. The number of fused-ring (bicyclic) bond motifs is 1. The Morgan fingerprint density at radius 3 is 2.59 bits per heavy atom. The normalized spacial score (nSPS) is 11.7. The smallest absolute Gasteiger partial charge is 0.264 e. The van der Waals surface area contributed by atoms with Crippen molar-refractivity contribution in [3.63, 3.8) is 0 Å². The Balaban J connectivity index is 1.97. The Kier molecular flexibility index (Phi) is 4.26. The number of pyridine rings is 3. The van der Waals surface area contributed by atoms with Gasteiger partial charge < -0.3 is 5.11 Å². The van der Waals surface area contributed by atoms with Crippen molar-refractivity contribution in [2.75, 3.05) is 0 Å². The van der Waals surface area contributed by atoms with Crippen molar-refractivity contribution in [1.29, 1.82) is 0 Å². The molecule has 0 radical (unpaired) electrons. The maximum Gasteiger partial charge on any atom is 0.264 e. The number of hydrogen-bond acceptors (Lipinski definition) is 4. The molecule has 0 bridgehead atoms. The highest BCUT2D eigenvalue weighted by atomic mass is 16.3. The second-order valence-electron chi connectivity index (χ2n) is 6.24. The first-order valence-electron chi connectivity index (χ1n) is 8.52.